The molecule has 1 aromatic carbocycles. The number of carbonyl (C=O) groups is 1. The smallest absolute Gasteiger partial charge is 0.239 e. The first-order valence-corrected chi connectivity index (χ1v) is 8.23. The van der Waals surface area contributed by atoms with Gasteiger partial charge in [0.25, 0.3) is 0 Å². The minimum atomic E-state index is -0.0498. The van der Waals surface area contributed by atoms with Gasteiger partial charge in [0.15, 0.2) is 0 Å². The molecule has 2 heterocycles. The van der Waals surface area contributed by atoms with Gasteiger partial charge in [-0.15, -0.1) is 0 Å². The van der Waals surface area contributed by atoms with E-state index in [0.717, 1.165) is 29.7 Å². The SMILES string of the molecule is COc1ccc2c(c1)CN(CC(=O)Nc1ccc(Br)cn1)CC2. The first-order valence-electron chi connectivity index (χ1n) is 7.43. The van der Waals surface area contributed by atoms with Crippen molar-refractivity contribution in [1.29, 1.82) is 0 Å². The normalized spacial score (nSPS) is 14.2. The van der Waals surface area contributed by atoms with E-state index < -0.39 is 0 Å². The summed E-state index contributed by atoms with van der Waals surface area (Å²) in [7, 11) is 1.67. The van der Waals surface area contributed by atoms with Crippen LogP contribution in [-0.2, 0) is 17.8 Å². The van der Waals surface area contributed by atoms with E-state index >= 15 is 0 Å². The van der Waals surface area contributed by atoms with Gasteiger partial charge in [0.2, 0.25) is 5.91 Å². The molecule has 0 aliphatic carbocycles. The third-order valence-electron chi connectivity index (χ3n) is 3.87. The van der Waals surface area contributed by atoms with E-state index in [1.807, 2.05) is 12.1 Å². The fourth-order valence-corrected chi connectivity index (χ4v) is 2.92. The van der Waals surface area contributed by atoms with Crippen LogP contribution in [0.1, 0.15) is 11.1 Å². The van der Waals surface area contributed by atoms with Crippen molar-refractivity contribution in [2.24, 2.45) is 0 Å². The lowest BCUT2D eigenvalue weighted by atomic mass is 9.99. The van der Waals surface area contributed by atoms with Gasteiger partial charge in [0, 0.05) is 23.8 Å². The molecule has 0 fully saturated rings. The van der Waals surface area contributed by atoms with E-state index in [-0.39, 0.29) is 5.91 Å². The number of fused-ring (bicyclic) bond motifs is 1. The fraction of sp³-hybridized carbons (Fsp3) is 0.294. The second-order valence-corrected chi connectivity index (χ2v) is 6.42. The minimum Gasteiger partial charge on any atom is -0.497 e. The largest absolute Gasteiger partial charge is 0.497 e. The number of aromatic nitrogens is 1. The molecule has 6 heteroatoms. The van der Waals surface area contributed by atoms with Crippen LogP contribution in [0.15, 0.2) is 41.0 Å². The van der Waals surface area contributed by atoms with Crippen LogP contribution in [0.3, 0.4) is 0 Å². The molecule has 0 saturated heterocycles. The van der Waals surface area contributed by atoms with Crippen molar-refractivity contribution < 1.29 is 9.53 Å². The van der Waals surface area contributed by atoms with Gasteiger partial charge >= 0.3 is 0 Å². The van der Waals surface area contributed by atoms with Gasteiger partial charge in [-0.3, -0.25) is 9.69 Å². The molecule has 1 amide bonds. The number of amides is 1. The van der Waals surface area contributed by atoms with Crippen LogP contribution in [0.5, 0.6) is 5.75 Å². The number of ether oxygens (including phenoxy) is 1. The molecule has 1 aromatic heterocycles. The van der Waals surface area contributed by atoms with Gasteiger partial charge in [-0.2, -0.15) is 0 Å². The number of rotatable bonds is 4. The Hall–Kier alpha value is -1.92. The van der Waals surface area contributed by atoms with Crippen LogP contribution in [0.2, 0.25) is 0 Å². The van der Waals surface area contributed by atoms with Gasteiger partial charge in [0.05, 0.1) is 13.7 Å². The second kappa shape index (κ2) is 7.10. The quantitative estimate of drug-likeness (QED) is 0.892. The van der Waals surface area contributed by atoms with Crippen LogP contribution < -0.4 is 10.1 Å². The van der Waals surface area contributed by atoms with E-state index in [0.29, 0.717) is 12.4 Å². The van der Waals surface area contributed by atoms with E-state index in [4.69, 9.17) is 4.74 Å². The van der Waals surface area contributed by atoms with Crippen LogP contribution in [-0.4, -0.2) is 36.0 Å². The second-order valence-electron chi connectivity index (χ2n) is 5.51. The van der Waals surface area contributed by atoms with Crippen molar-refractivity contribution in [2.45, 2.75) is 13.0 Å². The van der Waals surface area contributed by atoms with E-state index in [9.17, 15) is 4.79 Å². The predicted octanol–water partition coefficient (Wildman–Crippen LogP) is 2.85. The summed E-state index contributed by atoms with van der Waals surface area (Å²) < 4.78 is 6.16. The molecule has 0 spiro atoms. The van der Waals surface area contributed by atoms with E-state index in [1.54, 1.807) is 19.4 Å². The number of halogens is 1. The molecule has 0 unspecified atom stereocenters. The topological polar surface area (TPSA) is 54.5 Å². The summed E-state index contributed by atoms with van der Waals surface area (Å²) in [5.41, 5.74) is 2.56. The van der Waals surface area contributed by atoms with Gasteiger partial charge < -0.3 is 10.1 Å². The predicted molar refractivity (Wildman–Crippen MR) is 92.5 cm³/mol. The fourth-order valence-electron chi connectivity index (χ4n) is 2.69. The molecule has 0 saturated carbocycles. The Morgan fingerprint density at radius 1 is 1.35 bits per heavy atom. The Balaban J connectivity index is 1.60. The third-order valence-corrected chi connectivity index (χ3v) is 4.34. The van der Waals surface area contributed by atoms with Gasteiger partial charge in [-0.05, 0) is 57.7 Å². The van der Waals surface area contributed by atoms with Crippen molar-refractivity contribution in [3.05, 3.63) is 52.1 Å². The molecule has 3 rings (SSSR count). The molecule has 0 bridgehead atoms. The van der Waals surface area contributed by atoms with Gasteiger partial charge in [-0.25, -0.2) is 4.98 Å². The first-order chi connectivity index (χ1) is 11.1. The summed E-state index contributed by atoms with van der Waals surface area (Å²) in [4.78, 5) is 18.5. The molecule has 1 N–H and O–H groups in total. The highest BCUT2D eigenvalue weighted by molar-refractivity contribution is 9.10. The number of carbonyl (C=O) groups excluding carboxylic acids is 1. The number of methoxy groups -OCH3 is 1. The number of benzene rings is 1. The van der Waals surface area contributed by atoms with Crippen molar-refractivity contribution in [3.8, 4) is 5.75 Å². The Morgan fingerprint density at radius 2 is 2.22 bits per heavy atom. The summed E-state index contributed by atoms with van der Waals surface area (Å²) in [5.74, 6) is 1.37. The monoisotopic (exact) mass is 375 g/mol. The lowest BCUT2D eigenvalue weighted by molar-refractivity contribution is -0.117. The maximum Gasteiger partial charge on any atom is 0.239 e. The highest BCUT2D eigenvalue weighted by atomic mass is 79.9. The van der Waals surface area contributed by atoms with Crippen LogP contribution in [0, 0.1) is 0 Å². The molecular weight excluding hydrogens is 358 g/mol. The molecule has 120 valence electrons. The summed E-state index contributed by atoms with van der Waals surface area (Å²) in [6.45, 7) is 1.99. The number of pyridine rings is 1. The minimum absolute atomic E-state index is 0.0498. The summed E-state index contributed by atoms with van der Waals surface area (Å²) >= 11 is 3.32. The highest BCUT2D eigenvalue weighted by Crippen LogP contribution is 2.23. The Bertz CT molecular complexity index is 703. The summed E-state index contributed by atoms with van der Waals surface area (Å²) in [5, 5.41) is 2.83. The van der Waals surface area contributed by atoms with E-state index in [2.05, 4.69) is 43.3 Å². The van der Waals surface area contributed by atoms with Crippen molar-refractivity contribution in [3.63, 3.8) is 0 Å². The standard InChI is InChI=1S/C17H18BrN3O2/c1-23-15-4-2-12-6-7-21(10-13(12)8-15)11-17(22)20-16-5-3-14(18)9-19-16/h2-5,8-9H,6-7,10-11H2,1H3,(H,19,20,22). The number of nitrogens with zero attached hydrogens (tertiary/aromatic N) is 2. The van der Waals surface area contributed by atoms with Crippen LogP contribution >= 0.6 is 15.9 Å². The maximum absolute atomic E-state index is 12.2. The van der Waals surface area contributed by atoms with Crippen LogP contribution in [0.4, 0.5) is 5.82 Å². The number of hydrogen-bond acceptors (Lipinski definition) is 4. The lowest BCUT2D eigenvalue weighted by Crippen LogP contribution is -2.37. The zero-order valence-corrected chi connectivity index (χ0v) is 14.5. The Labute approximate surface area is 143 Å². The van der Waals surface area contributed by atoms with Crippen LogP contribution in [0.25, 0.3) is 0 Å². The highest BCUT2D eigenvalue weighted by Gasteiger charge is 2.19. The lowest BCUT2D eigenvalue weighted by Gasteiger charge is -2.28. The number of anilines is 1. The van der Waals surface area contributed by atoms with Crippen molar-refractivity contribution in [1.82, 2.24) is 9.88 Å². The van der Waals surface area contributed by atoms with Crippen molar-refractivity contribution in [2.75, 3.05) is 25.5 Å². The zero-order valence-electron chi connectivity index (χ0n) is 12.9. The van der Waals surface area contributed by atoms with E-state index in [1.165, 1.54) is 11.1 Å². The van der Waals surface area contributed by atoms with Gasteiger partial charge in [-0.1, -0.05) is 6.07 Å². The molecule has 0 atom stereocenters. The first kappa shape index (κ1) is 16.0. The Morgan fingerprint density at radius 3 is 2.96 bits per heavy atom. The number of hydrogen-bond donors (Lipinski definition) is 1. The maximum atomic E-state index is 12.2. The number of nitrogens with one attached hydrogen (secondary N) is 1. The molecule has 0 radical (unpaired) electrons. The average molecular weight is 376 g/mol. The Kier molecular flexibility index (Phi) is 4.93. The molecule has 1 aliphatic heterocycles. The average Bonchev–Trinajstić information content (AvgIpc) is 2.56. The molecule has 2 aromatic rings. The van der Waals surface area contributed by atoms with Gasteiger partial charge in [0.1, 0.15) is 11.6 Å². The third kappa shape index (κ3) is 4.09. The summed E-state index contributed by atoms with van der Waals surface area (Å²) in [6.07, 6.45) is 2.61. The molecule has 1 aliphatic rings. The summed E-state index contributed by atoms with van der Waals surface area (Å²) in [6, 6.07) is 9.78. The zero-order chi connectivity index (χ0) is 16.2. The molecular formula is C17H18BrN3O2. The molecule has 5 nitrogen and oxygen atoms in total. The van der Waals surface area contributed by atoms with Crippen molar-refractivity contribution >= 4 is 27.7 Å². The molecule has 23 heavy (non-hydrogen) atoms.